The van der Waals surface area contributed by atoms with E-state index in [2.05, 4.69) is 63.9 Å². The second-order valence-corrected chi connectivity index (χ2v) is 9.62. The molecule has 206 valence electrons. The predicted octanol–water partition coefficient (Wildman–Crippen LogP) is 5.03. The third-order valence-corrected chi connectivity index (χ3v) is 7.10. The second kappa shape index (κ2) is 12.7. The molecule has 0 atom stereocenters. The molecular formula is C31H34N6O3. The quantitative estimate of drug-likeness (QED) is 0.224. The number of methoxy groups -OCH3 is 2. The number of rotatable bonds is 12. The van der Waals surface area contributed by atoms with E-state index in [1.165, 1.54) is 5.56 Å². The highest BCUT2D eigenvalue weighted by Gasteiger charge is 2.26. The summed E-state index contributed by atoms with van der Waals surface area (Å²) in [5.74, 6) is 0.547. The van der Waals surface area contributed by atoms with Crippen LogP contribution in [0.1, 0.15) is 42.1 Å². The van der Waals surface area contributed by atoms with Crippen molar-refractivity contribution in [1.29, 1.82) is 0 Å². The van der Waals surface area contributed by atoms with E-state index in [4.69, 9.17) is 9.47 Å². The zero-order valence-corrected chi connectivity index (χ0v) is 23.1. The van der Waals surface area contributed by atoms with Gasteiger partial charge in [-0.15, -0.1) is 10.2 Å². The number of ether oxygens (including phenoxy) is 2. The molecule has 2 aromatic heterocycles. The maximum Gasteiger partial charge on any atom is 0.329 e. The van der Waals surface area contributed by atoms with Crippen molar-refractivity contribution in [3.05, 3.63) is 112 Å². The van der Waals surface area contributed by atoms with Crippen LogP contribution in [0.2, 0.25) is 0 Å². The first kappa shape index (κ1) is 27.2. The van der Waals surface area contributed by atoms with Crippen molar-refractivity contribution in [2.45, 2.75) is 45.6 Å². The lowest BCUT2D eigenvalue weighted by Crippen LogP contribution is -2.27. The Kier molecular flexibility index (Phi) is 8.63. The molecule has 0 fully saturated rings. The molecule has 0 radical (unpaired) electrons. The van der Waals surface area contributed by atoms with Crippen LogP contribution in [0.25, 0.3) is 22.5 Å². The average Bonchev–Trinajstić information content (AvgIpc) is 3.62. The lowest BCUT2D eigenvalue weighted by molar-refractivity contribution is -0.111. The zero-order chi connectivity index (χ0) is 27.9. The maximum absolute atomic E-state index is 13.9. The fraction of sp³-hybridized carbons (Fsp3) is 0.290. The number of aromatic amines is 1. The molecule has 9 nitrogen and oxygen atoms in total. The number of nitrogens with zero attached hydrogens (tertiary/aromatic N) is 5. The van der Waals surface area contributed by atoms with E-state index in [0.717, 1.165) is 52.9 Å². The van der Waals surface area contributed by atoms with E-state index in [0.29, 0.717) is 18.9 Å². The van der Waals surface area contributed by atoms with E-state index in [-0.39, 0.29) is 5.69 Å². The van der Waals surface area contributed by atoms with Gasteiger partial charge in [-0.05, 0) is 40.3 Å². The van der Waals surface area contributed by atoms with Gasteiger partial charge >= 0.3 is 5.69 Å². The predicted molar refractivity (Wildman–Crippen MR) is 154 cm³/mol. The van der Waals surface area contributed by atoms with Gasteiger partial charge in [0.25, 0.3) is 0 Å². The Hall–Kier alpha value is -4.34. The van der Waals surface area contributed by atoms with Gasteiger partial charge in [-0.2, -0.15) is 5.21 Å². The minimum Gasteiger partial charge on any atom is -0.350 e. The first-order valence-corrected chi connectivity index (χ1v) is 13.5. The number of hydrogen-bond donors (Lipinski definition) is 1. The summed E-state index contributed by atoms with van der Waals surface area (Å²) in [6.45, 7) is 3.10. The minimum absolute atomic E-state index is 0.0555. The minimum atomic E-state index is -0.629. The number of imidazole rings is 1. The molecule has 0 bridgehead atoms. The third kappa shape index (κ3) is 5.66. The first-order valence-electron chi connectivity index (χ1n) is 13.5. The molecular weight excluding hydrogens is 504 g/mol. The Morgan fingerprint density at radius 1 is 0.825 bits per heavy atom. The highest BCUT2D eigenvalue weighted by atomic mass is 16.7. The van der Waals surface area contributed by atoms with Crippen molar-refractivity contribution in [1.82, 2.24) is 29.8 Å². The van der Waals surface area contributed by atoms with Gasteiger partial charge in [-0.3, -0.25) is 9.13 Å². The first-order chi connectivity index (χ1) is 19.6. The van der Waals surface area contributed by atoms with Crippen LogP contribution in [0.15, 0.2) is 83.7 Å². The van der Waals surface area contributed by atoms with E-state index >= 15 is 0 Å². The summed E-state index contributed by atoms with van der Waals surface area (Å²) in [4.78, 5) is 13.9. The topological polar surface area (TPSA) is 99.9 Å². The summed E-state index contributed by atoms with van der Waals surface area (Å²) < 4.78 is 15.1. The van der Waals surface area contributed by atoms with Crippen LogP contribution in [0.4, 0.5) is 0 Å². The molecule has 2 heterocycles. The smallest absolute Gasteiger partial charge is 0.329 e. The molecule has 0 aliphatic carbocycles. The molecule has 5 aromatic rings. The second-order valence-electron chi connectivity index (χ2n) is 9.62. The maximum atomic E-state index is 13.9. The summed E-state index contributed by atoms with van der Waals surface area (Å²) >= 11 is 0. The summed E-state index contributed by atoms with van der Waals surface area (Å²) in [5.41, 5.74) is 6.82. The molecule has 0 saturated carbocycles. The zero-order valence-electron chi connectivity index (χ0n) is 23.1. The SMILES string of the molecule is CCCc1c(C(OC)OC)n(CCc2ccccc2)c(=O)n1Cc1ccc(-c2ccccc2-c2nn[nH]n2)cc1. The number of benzene rings is 3. The highest BCUT2D eigenvalue weighted by Crippen LogP contribution is 2.30. The molecule has 0 aliphatic rings. The molecule has 9 heteroatoms. The Bertz CT molecular complexity index is 1570. The normalized spacial score (nSPS) is 11.4. The van der Waals surface area contributed by atoms with E-state index < -0.39 is 6.29 Å². The average molecular weight is 539 g/mol. The molecule has 0 amide bonds. The van der Waals surface area contributed by atoms with Crippen LogP contribution >= 0.6 is 0 Å². The van der Waals surface area contributed by atoms with Gasteiger partial charge in [-0.25, -0.2) is 4.79 Å². The number of aryl methyl sites for hydroxylation is 1. The molecule has 3 aromatic carbocycles. The highest BCUT2D eigenvalue weighted by molar-refractivity contribution is 5.80. The lowest BCUT2D eigenvalue weighted by atomic mass is 9.98. The van der Waals surface area contributed by atoms with Crippen molar-refractivity contribution in [3.63, 3.8) is 0 Å². The molecule has 0 spiro atoms. The number of tetrazole rings is 1. The molecule has 0 aliphatic heterocycles. The van der Waals surface area contributed by atoms with Crippen molar-refractivity contribution >= 4 is 0 Å². The fourth-order valence-corrected chi connectivity index (χ4v) is 5.18. The van der Waals surface area contributed by atoms with Crippen molar-refractivity contribution < 1.29 is 9.47 Å². The Balaban J connectivity index is 1.49. The van der Waals surface area contributed by atoms with Gasteiger partial charge in [-0.1, -0.05) is 92.2 Å². The van der Waals surface area contributed by atoms with Crippen LogP contribution in [-0.2, 0) is 35.4 Å². The number of nitrogens with one attached hydrogen (secondary N) is 1. The van der Waals surface area contributed by atoms with Crippen LogP contribution in [0.5, 0.6) is 0 Å². The van der Waals surface area contributed by atoms with E-state index in [1.807, 2.05) is 51.6 Å². The Morgan fingerprint density at radius 2 is 1.52 bits per heavy atom. The molecule has 40 heavy (non-hydrogen) atoms. The lowest BCUT2D eigenvalue weighted by Gasteiger charge is -2.18. The Morgan fingerprint density at radius 3 is 2.17 bits per heavy atom. The van der Waals surface area contributed by atoms with Crippen molar-refractivity contribution in [3.8, 4) is 22.5 Å². The van der Waals surface area contributed by atoms with Gasteiger partial charge in [0.15, 0.2) is 6.29 Å². The van der Waals surface area contributed by atoms with Gasteiger partial charge in [0.2, 0.25) is 5.82 Å². The van der Waals surface area contributed by atoms with Gasteiger partial charge < -0.3 is 9.47 Å². The molecule has 0 saturated heterocycles. The van der Waals surface area contributed by atoms with Gasteiger partial charge in [0, 0.05) is 32.0 Å². The summed E-state index contributed by atoms with van der Waals surface area (Å²) in [6.07, 6.45) is 1.73. The van der Waals surface area contributed by atoms with E-state index in [9.17, 15) is 4.79 Å². The monoisotopic (exact) mass is 538 g/mol. The molecule has 1 N–H and O–H groups in total. The number of aromatic nitrogens is 6. The van der Waals surface area contributed by atoms with E-state index in [1.54, 1.807) is 14.2 Å². The molecule has 5 rings (SSSR count). The number of H-pyrrole nitrogens is 1. The van der Waals surface area contributed by atoms with Gasteiger partial charge in [0.05, 0.1) is 12.2 Å². The largest absolute Gasteiger partial charge is 0.350 e. The van der Waals surface area contributed by atoms with Crippen LogP contribution < -0.4 is 5.69 Å². The third-order valence-electron chi connectivity index (χ3n) is 7.10. The number of hydrogen-bond acceptors (Lipinski definition) is 6. The van der Waals surface area contributed by atoms with Crippen molar-refractivity contribution in [2.75, 3.05) is 14.2 Å². The van der Waals surface area contributed by atoms with Crippen LogP contribution in [-0.4, -0.2) is 44.0 Å². The van der Waals surface area contributed by atoms with Crippen LogP contribution in [0.3, 0.4) is 0 Å². The standard InChI is InChI=1S/C31H34N6O3/c1-4-10-27-28(30(39-2)40-3)36(20-19-22-11-6-5-7-12-22)31(38)37(27)21-23-15-17-24(18-16-23)25-13-8-9-14-26(25)29-32-34-35-33-29/h5-9,11-18,30H,4,10,19-21H2,1-3H3,(H,32,33,34,35). The fourth-order valence-electron chi connectivity index (χ4n) is 5.18. The Labute approximate surface area is 233 Å². The summed E-state index contributed by atoms with van der Waals surface area (Å²) in [5, 5.41) is 14.5. The summed E-state index contributed by atoms with van der Waals surface area (Å²) in [7, 11) is 3.22. The molecule has 0 unspecified atom stereocenters. The van der Waals surface area contributed by atoms with Crippen molar-refractivity contribution in [2.24, 2.45) is 0 Å². The van der Waals surface area contributed by atoms with Crippen LogP contribution in [0, 0.1) is 0 Å². The van der Waals surface area contributed by atoms with Gasteiger partial charge in [0.1, 0.15) is 0 Å². The summed E-state index contributed by atoms with van der Waals surface area (Å²) in [6, 6.07) is 26.4.